The fraction of sp³-hybridized carbons (Fsp3) is 0.559. The molecule has 0 aliphatic carbocycles. The second kappa shape index (κ2) is 13.7. The molecule has 3 amide bonds. The van der Waals surface area contributed by atoms with E-state index in [9.17, 15) is 27.6 Å². The van der Waals surface area contributed by atoms with Crippen LogP contribution in [0.15, 0.2) is 40.9 Å². The van der Waals surface area contributed by atoms with Crippen LogP contribution in [0.4, 0.5) is 29.3 Å². The Morgan fingerprint density at radius 3 is 2.34 bits per heavy atom. The molecule has 0 unspecified atom stereocenters. The van der Waals surface area contributed by atoms with Crippen molar-refractivity contribution in [3.8, 4) is 0 Å². The molecule has 47 heavy (non-hydrogen) atoms. The summed E-state index contributed by atoms with van der Waals surface area (Å²) in [6.45, 7) is 3.64. The Bertz CT molecular complexity index is 1500. The number of benzene rings is 2. The highest BCUT2D eigenvalue weighted by Crippen LogP contribution is 2.45. The van der Waals surface area contributed by atoms with Crippen molar-refractivity contribution in [2.24, 2.45) is 11.8 Å². The van der Waals surface area contributed by atoms with E-state index in [2.05, 4.69) is 26.6 Å². The van der Waals surface area contributed by atoms with Gasteiger partial charge in [-0.1, -0.05) is 18.2 Å². The number of fused-ring (bicyclic) bond motifs is 2. The zero-order chi connectivity index (χ0) is 33.3. The van der Waals surface area contributed by atoms with Gasteiger partial charge in [0, 0.05) is 54.6 Å². The van der Waals surface area contributed by atoms with Crippen LogP contribution in [-0.4, -0.2) is 73.1 Å². The Morgan fingerprint density at radius 1 is 1.00 bits per heavy atom. The molecular weight excluding hydrogens is 679 g/mol. The summed E-state index contributed by atoms with van der Waals surface area (Å²) < 4.78 is 47.4. The number of halogens is 4. The molecule has 0 bridgehead atoms. The minimum absolute atomic E-state index is 0.0563. The number of nitrogens with one attached hydrogen (secondary N) is 2. The van der Waals surface area contributed by atoms with E-state index in [1.54, 1.807) is 4.90 Å². The summed E-state index contributed by atoms with van der Waals surface area (Å²) >= 11 is 3.13. The number of nitrogens with two attached hydrogens (primary N) is 1. The van der Waals surface area contributed by atoms with E-state index in [1.807, 2.05) is 24.3 Å². The van der Waals surface area contributed by atoms with Gasteiger partial charge in [-0.25, -0.2) is 4.79 Å². The van der Waals surface area contributed by atoms with E-state index in [0.29, 0.717) is 57.3 Å². The number of likely N-dealkylation sites (tertiary alicyclic amines) is 2. The average Bonchev–Trinajstić information content (AvgIpc) is 3.06. The maximum absolute atomic E-state index is 14.0. The fourth-order valence-corrected chi connectivity index (χ4v) is 8.45. The molecule has 2 aromatic rings. The SMILES string of the molecule is Nc1c(Br)cc(C[C@@H](OC(=O)N2CCC3(CC2)CC(=O)Nc2ccccc23)C(=O)N2CCC(C3CCNCC3)CC2)cc1C(F)(F)F. The summed E-state index contributed by atoms with van der Waals surface area (Å²) in [6, 6.07) is 10.1. The second-order valence-electron chi connectivity index (χ2n) is 13.4. The van der Waals surface area contributed by atoms with Crippen LogP contribution in [0, 0.1) is 11.8 Å². The Kier molecular flexibility index (Phi) is 9.76. The first kappa shape index (κ1) is 33.6. The minimum atomic E-state index is -4.70. The molecule has 2 aromatic carbocycles. The number of carbonyl (C=O) groups is 3. The van der Waals surface area contributed by atoms with Crippen LogP contribution >= 0.6 is 15.9 Å². The smallest absolute Gasteiger partial charge is 0.418 e. The summed E-state index contributed by atoms with van der Waals surface area (Å²) in [6.07, 6.45) is -1.65. The fourth-order valence-electron chi connectivity index (χ4n) is 7.94. The Labute approximate surface area is 280 Å². The second-order valence-corrected chi connectivity index (χ2v) is 14.3. The van der Waals surface area contributed by atoms with E-state index in [4.69, 9.17) is 10.5 Å². The van der Waals surface area contributed by atoms with Gasteiger partial charge in [0.2, 0.25) is 5.91 Å². The van der Waals surface area contributed by atoms with Crippen LogP contribution in [0.5, 0.6) is 0 Å². The van der Waals surface area contributed by atoms with E-state index in [1.165, 1.54) is 11.0 Å². The molecule has 4 aliphatic heterocycles. The molecule has 3 saturated heterocycles. The van der Waals surface area contributed by atoms with Gasteiger partial charge >= 0.3 is 12.3 Å². The van der Waals surface area contributed by atoms with Crippen LogP contribution < -0.4 is 16.4 Å². The van der Waals surface area contributed by atoms with Crippen LogP contribution in [0.3, 0.4) is 0 Å². The third-order valence-corrected chi connectivity index (χ3v) is 11.2. The number of amides is 3. The maximum Gasteiger partial charge on any atom is 0.418 e. The van der Waals surface area contributed by atoms with Crippen molar-refractivity contribution in [1.29, 1.82) is 0 Å². The predicted octanol–water partition coefficient (Wildman–Crippen LogP) is 5.71. The number of anilines is 2. The number of rotatable bonds is 5. The molecule has 3 fully saturated rings. The van der Waals surface area contributed by atoms with Crippen LogP contribution in [-0.2, 0) is 32.3 Å². The molecular formula is C34H41BrF3N5O4. The lowest BCUT2D eigenvalue weighted by Gasteiger charge is -2.44. The van der Waals surface area contributed by atoms with E-state index in [0.717, 1.165) is 56.1 Å². The lowest BCUT2D eigenvalue weighted by atomic mass is 9.68. The monoisotopic (exact) mass is 719 g/mol. The lowest BCUT2D eigenvalue weighted by molar-refractivity contribution is -0.142. The topological polar surface area (TPSA) is 117 Å². The van der Waals surface area contributed by atoms with Gasteiger partial charge in [0.1, 0.15) is 0 Å². The maximum atomic E-state index is 14.0. The van der Waals surface area contributed by atoms with Crippen LogP contribution in [0.2, 0.25) is 0 Å². The van der Waals surface area contributed by atoms with Gasteiger partial charge in [-0.3, -0.25) is 9.59 Å². The van der Waals surface area contributed by atoms with Crippen molar-refractivity contribution >= 4 is 45.2 Å². The van der Waals surface area contributed by atoms with Crippen molar-refractivity contribution in [3.05, 3.63) is 57.6 Å². The number of alkyl halides is 3. The number of hydrogen-bond acceptors (Lipinski definition) is 6. The van der Waals surface area contributed by atoms with Crippen LogP contribution in [0.25, 0.3) is 0 Å². The normalized spacial score (nSPS) is 21.2. The highest BCUT2D eigenvalue weighted by Gasteiger charge is 2.44. The van der Waals surface area contributed by atoms with Crippen molar-refractivity contribution in [1.82, 2.24) is 15.1 Å². The largest absolute Gasteiger partial charge is 0.436 e. The zero-order valence-electron chi connectivity index (χ0n) is 26.2. The highest BCUT2D eigenvalue weighted by molar-refractivity contribution is 9.10. The molecule has 6 rings (SSSR count). The summed E-state index contributed by atoms with van der Waals surface area (Å²) in [7, 11) is 0. The van der Waals surface area contributed by atoms with E-state index >= 15 is 0 Å². The first-order chi connectivity index (χ1) is 22.4. The van der Waals surface area contributed by atoms with Crippen molar-refractivity contribution in [2.45, 2.75) is 69.1 Å². The zero-order valence-corrected chi connectivity index (χ0v) is 27.8. The molecule has 0 aromatic heterocycles. The molecule has 254 valence electrons. The number of piperidine rings is 3. The van der Waals surface area contributed by atoms with Crippen molar-refractivity contribution in [2.75, 3.05) is 50.3 Å². The quantitative estimate of drug-likeness (QED) is 0.341. The molecule has 0 saturated carbocycles. The molecule has 4 heterocycles. The minimum Gasteiger partial charge on any atom is -0.436 e. The summed E-state index contributed by atoms with van der Waals surface area (Å²) in [5.41, 5.74) is 5.87. The first-order valence-corrected chi connectivity index (χ1v) is 17.2. The third kappa shape index (κ3) is 7.25. The first-order valence-electron chi connectivity index (χ1n) is 16.4. The third-order valence-electron chi connectivity index (χ3n) is 10.6. The van der Waals surface area contributed by atoms with Gasteiger partial charge in [-0.2, -0.15) is 13.2 Å². The van der Waals surface area contributed by atoms with Gasteiger partial charge in [-0.05, 0) is 109 Å². The van der Waals surface area contributed by atoms with Crippen LogP contribution in [0.1, 0.15) is 61.6 Å². The standard InChI is InChI=1S/C34H41BrF3N5O4/c35-26-18-21(17-25(30(26)39)34(36,37)38)19-28(31(45)42-13-7-23(8-14-42)22-5-11-40-12-6-22)47-32(46)43-15-9-33(10-16-43)20-29(44)41-27-4-2-1-3-24(27)33/h1-4,17-18,22-23,28,40H,5-16,19-20,39H2,(H,41,44)/t28-/m1/s1. The van der Waals surface area contributed by atoms with Gasteiger partial charge < -0.3 is 30.9 Å². The molecule has 0 radical (unpaired) electrons. The average molecular weight is 721 g/mol. The summed E-state index contributed by atoms with van der Waals surface area (Å²) in [5, 5.41) is 6.32. The number of nitrogen functional groups attached to an aromatic ring is 1. The summed E-state index contributed by atoms with van der Waals surface area (Å²) in [5.74, 6) is 0.647. The van der Waals surface area contributed by atoms with Gasteiger partial charge in [0.05, 0.1) is 11.3 Å². The van der Waals surface area contributed by atoms with E-state index < -0.39 is 40.9 Å². The number of nitrogens with zero attached hydrogens (tertiary/aromatic N) is 2. The van der Waals surface area contributed by atoms with Gasteiger partial charge in [0.25, 0.3) is 5.91 Å². The predicted molar refractivity (Wildman–Crippen MR) is 175 cm³/mol. The van der Waals surface area contributed by atoms with Crippen molar-refractivity contribution in [3.63, 3.8) is 0 Å². The molecule has 4 aliphatic rings. The molecule has 13 heteroatoms. The summed E-state index contributed by atoms with van der Waals surface area (Å²) in [4.78, 5) is 43.4. The lowest BCUT2D eigenvalue weighted by Crippen LogP contribution is -2.51. The Hall–Kier alpha value is -3.32. The van der Waals surface area contributed by atoms with E-state index in [-0.39, 0.29) is 22.4 Å². The molecule has 1 spiro atoms. The number of carbonyl (C=O) groups excluding carboxylic acids is 3. The Balaban J connectivity index is 1.18. The van der Waals surface area contributed by atoms with Gasteiger partial charge in [-0.15, -0.1) is 0 Å². The molecule has 1 atom stereocenters. The van der Waals surface area contributed by atoms with Crippen molar-refractivity contribution < 1.29 is 32.3 Å². The van der Waals surface area contributed by atoms with Gasteiger partial charge in [0.15, 0.2) is 6.10 Å². The number of hydrogen-bond donors (Lipinski definition) is 3. The molecule has 4 N–H and O–H groups in total. The number of ether oxygens (including phenoxy) is 1. The highest BCUT2D eigenvalue weighted by atomic mass is 79.9. The number of para-hydroxylation sites is 1. The Morgan fingerprint density at radius 2 is 1.66 bits per heavy atom. The molecule has 9 nitrogen and oxygen atoms in total.